The Morgan fingerprint density at radius 1 is 1.09 bits per heavy atom. The van der Waals surface area contributed by atoms with Crippen LogP contribution < -0.4 is 11.4 Å². The molecule has 2 aromatic heterocycles. The molecule has 2 N–H and O–H groups in total. The van der Waals surface area contributed by atoms with E-state index in [1.807, 2.05) is 4.57 Å². The van der Waals surface area contributed by atoms with Gasteiger partial charge < -0.3 is 10.6 Å². The Labute approximate surface area is 133 Å². The summed E-state index contributed by atoms with van der Waals surface area (Å²) < 4.78 is 1.85. The van der Waals surface area contributed by atoms with Gasteiger partial charge in [0.1, 0.15) is 10.6 Å². The molecule has 0 atom stereocenters. The highest BCUT2D eigenvalue weighted by atomic mass is 32.1. The number of rotatable bonds is 3. The Bertz CT molecular complexity index is 758. The number of anilines is 1. The molecule has 0 bridgehead atoms. The van der Waals surface area contributed by atoms with Crippen molar-refractivity contribution in [2.75, 3.05) is 25.4 Å². The topological polar surface area (TPSA) is 64.1 Å². The van der Waals surface area contributed by atoms with Crippen molar-refractivity contribution in [1.29, 1.82) is 0 Å². The van der Waals surface area contributed by atoms with Gasteiger partial charge >= 0.3 is 5.69 Å². The quantitative estimate of drug-likeness (QED) is 0.940. The van der Waals surface area contributed by atoms with Crippen molar-refractivity contribution in [1.82, 2.24) is 14.5 Å². The van der Waals surface area contributed by atoms with E-state index in [-0.39, 0.29) is 5.69 Å². The number of nitrogens with zero attached hydrogens (tertiary/aromatic N) is 3. The Morgan fingerprint density at radius 3 is 2.73 bits per heavy atom. The predicted octanol–water partition coefficient (Wildman–Crippen LogP) is 2.01. The average Bonchev–Trinajstić information content (AvgIpc) is 3.08. The van der Waals surface area contributed by atoms with Crippen LogP contribution in [0, 0.1) is 0 Å². The van der Waals surface area contributed by atoms with E-state index in [0.717, 1.165) is 49.2 Å². The van der Waals surface area contributed by atoms with Crippen molar-refractivity contribution in [3.8, 4) is 0 Å². The zero-order valence-corrected chi connectivity index (χ0v) is 13.6. The van der Waals surface area contributed by atoms with Crippen molar-refractivity contribution < 1.29 is 0 Å². The van der Waals surface area contributed by atoms with Crippen LogP contribution in [0.2, 0.25) is 0 Å². The zero-order chi connectivity index (χ0) is 15.1. The molecule has 0 unspecified atom stereocenters. The Kier molecular flexibility index (Phi) is 3.66. The number of aromatic nitrogens is 2. The van der Waals surface area contributed by atoms with Crippen LogP contribution in [0.4, 0.5) is 5.82 Å². The largest absolute Gasteiger partial charge is 0.383 e. The van der Waals surface area contributed by atoms with E-state index in [0.29, 0.717) is 5.82 Å². The van der Waals surface area contributed by atoms with Gasteiger partial charge in [0.15, 0.2) is 0 Å². The molecular formula is C16H22N4OS. The Hall–Kier alpha value is -1.40. The van der Waals surface area contributed by atoms with Gasteiger partial charge in [0.2, 0.25) is 0 Å². The van der Waals surface area contributed by atoms with Crippen LogP contribution in [0.15, 0.2) is 4.79 Å². The lowest BCUT2D eigenvalue weighted by molar-refractivity contribution is 0.221. The maximum atomic E-state index is 12.3. The molecule has 0 radical (unpaired) electrons. The zero-order valence-electron chi connectivity index (χ0n) is 12.8. The van der Waals surface area contributed by atoms with E-state index >= 15 is 0 Å². The van der Waals surface area contributed by atoms with Crippen LogP contribution in [0.3, 0.4) is 0 Å². The van der Waals surface area contributed by atoms with Gasteiger partial charge in [0.05, 0.1) is 5.39 Å². The fourth-order valence-corrected chi connectivity index (χ4v) is 5.19. The number of piperidine rings is 1. The standard InChI is InChI=1S/C16H22N4OS/c17-14-13-11-5-4-6-12(11)22-15(13)20(16(21)18-14)10-9-19-7-2-1-3-8-19/h1-10H2,(H2,17,18,21). The molecule has 3 heterocycles. The lowest BCUT2D eigenvalue weighted by Gasteiger charge is -2.26. The third-order valence-electron chi connectivity index (χ3n) is 4.94. The SMILES string of the molecule is Nc1nc(=O)n(CCN2CCCCC2)c2sc3c(c12)CCC3. The summed E-state index contributed by atoms with van der Waals surface area (Å²) in [5.41, 5.74) is 7.21. The van der Waals surface area contributed by atoms with Crippen LogP contribution in [-0.2, 0) is 19.4 Å². The van der Waals surface area contributed by atoms with Gasteiger partial charge in [-0.1, -0.05) is 6.42 Å². The number of nitrogens with two attached hydrogens (primary N) is 1. The number of nitrogen functional groups attached to an aromatic ring is 1. The van der Waals surface area contributed by atoms with Crippen LogP contribution in [0.25, 0.3) is 10.2 Å². The van der Waals surface area contributed by atoms with E-state index in [4.69, 9.17) is 5.73 Å². The third kappa shape index (κ3) is 2.34. The minimum Gasteiger partial charge on any atom is -0.383 e. The molecule has 4 rings (SSSR count). The minimum atomic E-state index is -0.193. The van der Waals surface area contributed by atoms with E-state index in [1.54, 1.807) is 11.3 Å². The van der Waals surface area contributed by atoms with Crippen molar-refractivity contribution in [3.05, 3.63) is 20.9 Å². The van der Waals surface area contributed by atoms with Crippen molar-refractivity contribution >= 4 is 27.4 Å². The van der Waals surface area contributed by atoms with Crippen molar-refractivity contribution in [2.45, 2.75) is 45.1 Å². The van der Waals surface area contributed by atoms with Crippen LogP contribution in [0.5, 0.6) is 0 Å². The molecular weight excluding hydrogens is 296 g/mol. The molecule has 1 saturated heterocycles. The van der Waals surface area contributed by atoms with Crippen molar-refractivity contribution in [2.24, 2.45) is 0 Å². The molecule has 1 aliphatic carbocycles. The molecule has 6 heteroatoms. The monoisotopic (exact) mass is 318 g/mol. The summed E-state index contributed by atoms with van der Waals surface area (Å²) in [4.78, 5) is 21.3. The number of fused-ring (bicyclic) bond motifs is 3. The van der Waals surface area contributed by atoms with E-state index in [2.05, 4.69) is 9.88 Å². The first kappa shape index (κ1) is 14.2. The van der Waals surface area contributed by atoms with Gasteiger partial charge in [0.25, 0.3) is 0 Å². The molecule has 5 nitrogen and oxygen atoms in total. The van der Waals surface area contributed by atoms with Crippen LogP contribution >= 0.6 is 11.3 Å². The molecule has 0 spiro atoms. The minimum absolute atomic E-state index is 0.193. The number of hydrogen-bond acceptors (Lipinski definition) is 5. The van der Waals surface area contributed by atoms with Gasteiger partial charge in [-0.15, -0.1) is 11.3 Å². The number of likely N-dealkylation sites (tertiary alicyclic amines) is 1. The van der Waals surface area contributed by atoms with Crippen molar-refractivity contribution in [3.63, 3.8) is 0 Å². The summed E-state index contributed by atoms with van der Waals surface area (Å²) in [6.07, 6.45) is 7.28. The lowest BCUT2D eigenvalue weighted by Crippen LogP contribution is -2.35. The molecule has 1 aliphatic heterocycles. The second-order valence-electron chi connectivity index (χ2n) is 6.37. The second kappa shape index (κ2) is 5.66. The first-order chi connectivity index (χ1) is 10.7. The van der Waals surface area contributed by atoms with E-state index in [1.165, 1.54) is 36.1 Å². The highest BCUT2D eigenvalue weighted by Crippen LogP contribution is 2.38. The molecule has 0 aromatic carbocycles. The van der Waals surface area contributed by atoms with Gasteiger partial charge in [-0.2, -0.15) is 4.98 Å². The highest BCUT2D eigenvalue weighted by Gasteiger charge is 2.23. The predicted molar refractivity (Wildman–Crippen MR) is 90.6 cm³/mol. The summed E-state index contributed by atoms with van der Waals surface area (Å²) in [7, 11) is 0. The Balaban J connectivity index is 1.69. The third-order valence-corrected chi connectivity index (χ3v) is 6.25. The smallest absolute Gasteiger partial charge is 0.350 e. The number of aryl methyl sites for hydroxylation is 2. The van der Waals surface area contributed by atoms with Crippen LogP contribution in [-0.4, -0.2) is 34.1 Å². The summed E-state index contributed by atoms with van der Waals surface area (Å²) in [5.74, 6) is 0.425. The van der Waals surface area contributed by atoms with Gasteiger partial charge in [-0.3, -0.25) is 4.57 Å². The van der Waals surface area contributed by atoms with Crippen LogP contribution in [0.1, 0.15) is 36.1 Å². The summed E-state index contributed by atoms with van der Waals surface area (Å²) >= 11 is 1.75. The molecule has 0 saturated carbocycles. The average molecular weight is 318 g/mol. The molecule has 118 valence electrons. The summed E-state index contributed by atoms with van der Waals surface area (Å²) in [5, 5.41) is 1.05. The summed E-state index contributed by atoms with van der Waals surface area (Å²) in [6.45, 7) is 3.97. The highest BCUT2D eigenvalue weighted by molar-refractivity contribution is 7.19. The fraction of sp³-hybridized carbons (Fsp3) is 0.625. The van der Waals surface area contributed by atoms with Gasteiger partial charge in [-0.05, 0) is 50.8 Å². The molecule has 0 amide bonds. The number of hydrogen-bond donors (Lipinski definition) is 1. The second-order valence-corrected chi connectivity index (χ2v) is 7.45. The number of thiophene rings is 1. The van der Waals surface area contributed by atoms with E-state index < -0.39 is 0 Å². The molecule has 1 fully saturated rings. The maximum absolute atomic E-state index is 12.3. The summed E-state index contributed by atoms with van der Waals surface area (Å²) in [6, 6.07) is 0. The normalized spacial score (nSPS) is 18.9. The van der Waals surface area contributed by atoms with Gasteiger partial charge in [0, 0.05) is 18.0 Å². The Morgan fingerprint density at radius 2 is 1.91 bits per heavy atom. The molecule has 2 aliphatic rings. The fourth-order valence-electron chi connectivity index (χ4n) is 3.77. The van der Waals surface area contributed by atoms with Gasteiger partial charge in [-0.25, -0.2) is 4.79 Å². The first-order valence-electron chi connectivity index (χ1n) is 8.27. The molecule has 22 heavy (non-hydrogen) atoms. The maximum Gasteiger partial charge on any atom is 0.350 e. The molecule has 2 aromatic rings. The first-order valence-corrected chi connectivity index (χ1v) is 9.08. The lowest BCUT2D eigenvalue weighted by atomic mass is 10.1. The van der Waals surface area contributed by atoms with E-state index in [9.17, 15) is 4.79 Å².